The minimum atomic E-state index is -0.254. The van der Waals surface area contributed by atoms with Gasteiger partial charge in [0.1, 0.15) is 0 Å². The fourth-order valence-corrected chi connectivity index (χ4v) is 10.2. The van der Waals surface area contributed by atoms with Gasteiger partial charge in [0.15, 0.2) is 0 Å². The number of hydrogen-bond donors (Lipinski definition) is 2. The Kier molecular flexibility index (Phi) is 13.8. The van der Waals surface area contributed by atoms with Gasteiger partial charge in [0.05, 0.1) is 11.4 Å². The van der Waals surface area contributed by atoms with Gasteiger partial charge >= 0.3 is 0 Å². The molecule has 2 fully saturated rings. The molecule has 2 saturated carbocycles. The van der Waals surface area contributed by atoms with Crippen molar-refractivity contribution in [1.29, 1.82) is 0 Å². The molecule has 0 heterocycles. The number of amides is 2. The summed E-state index contributed by atoms with van der Waals surface area (Å²) in [4.78, 5) is 30.2. The monoisotopic (exact) mass is 638 g/mol. The average molecular weight is 639 g/mol. The van der Waals surface area contributed by atoms with Crippen LogP contribution in [0.25, 0.3) is 0 Å². The minimum absolute atomic E-state index is 0.210. The molecule has 4 nitrogen and oxygen atoms in total. The van der Waals surface area contributed by atoms with Gasteiger partial charge in [-0.3, -0.25) is 9.59 Å². The van der Waals surface area contributed by atoms with Gasteiger partial charge < -0.3 is 10.6 Å². The van der Waals surface area contributed by atoms with Crippen molar-refractivity contribution in [1.82, 2.24) is 5.32 Å². The lowest BCUT2D eigenvalue weighted by Crippen LogP contribution is -2.43. The summed E-state index contributed by atoms with van der Waals surface area (Å²) in [6, 6.07) is 8.23. The Hall–Kier alpha value is -1.66. The molecule has 3 aliphatic rings. The van der Waals surface area contributed by atoms with E-state index in [9.17, 15) is 9.59 Å². The van der Waals surface area contributed by atoms with Crippen molar-refractivity contribution in [3.05, 3.63) is 47.0 Å². The molecule has 2 amide bonds. The average Bonchev–Trinajstić information content (AvgIpc) is 3.07. The van der Waals surface area contributed by atoms with E-state index in [1.807, 2.05) is 12.1 Å². The predicted octanol–water partition coefficient (Wildman–Crippen LogP) is 11.6. The summed E-state index contributed by atoms with van der Waals surface area (Å²) in [6.45, 7) is 9.06. The lowest BCUT2D eigenvalue weighted by molar-refractivity contribution is -0.133. The zero-order valence-corrected chi connectivity index (χ0v) is 29.6. The van der Waals surface area contributed by atoms with Crippen molar-refractivity contribution in [2.75, 3.05) is 5.32 Å². The van der Waals surface area contributed by atoms with E-state index >= 15 is 0 Å². The van der Waals surface area contributed by atoms with E-state index in [-0.39, 0.29) is 22.6 Å². The lowest BCUT2D eigenvalue weighted by atomic mass is 9.67. The highest BCUT2D eigenvalue weighted by Gasteiger charge is 2.42. The Bertz CT molecular complexity index is 1140. The molecule has 6 heteroatoms. The lowest BCUT2D eigenvalue weighted by Gasteiger charge is -2.39. The van der Waals surface area contributed by atoms with Crippen LogP contribution in [0.5, 0.6) is 0 Å². The molecule has 0 radical (unpaired) electrons. The smallest absolute Gasteiger partial charge is 0.230 e. The molecule has 0 bridgehead atoms. The van der Waals surface area contributed by atoms with Crippen LogP contribution in [0.3, 0.4) is 0 Å². The maximum absolute atomic E-state index is 14.0. The molecule has 4 rings (SSSR count). The fourth-order valence-electron chi connectivity index (χ4n) is 7.85. The van der Waals surface area contributed by atoms with E-state index in [0.717, 1.165) is 124 Å². The summed E-state index contributed by atoms with van der Waals surface area (Å²) in [5, 5.41) is 6.85. The van der Waals surface area contributed by atoms with Gasteiger partial charge in [-0.25, -0.2) is 0 Å². The van der Waals surface area contributed by atoms with Crippen LogP contribution in [0.2, 0.25) is 0 Å². The second kappa shape index (κ2) is 17.3. The zero-order chi connectivity index (χ0) is 31.4. The first-order chi connectivity index (χ1) is 21.4. The second-order valence-corrected chi connectivity index (χ2v) is 16.0. The molecular weight excluding hydrogens is 581 g/mol. The number of benzene rings is 1. The van der Waals surface area contributed by atoms with Crippen LogP contribution in [0.4, 0.5) is 5.69 Å². The first kappa shape index (κ1) is 35.2. The zero-order valence-electron chi connectivity index (χ0n) is 28.0. The first-order valence-corrected chi connectivity index (χ1v) is 20.0. The van der Waals surface area contributed by atoms with Gasteiger partial charge in [0.25, 0.3) is 0 Å². The molecule has 0 aliphatic heterocycles. The molecule has 3 aliphatic carbocycles. The predicted molar refractivity (Wildman–Crippen MR) is 190 cm³/mol. The molecule has 244 valence electrons. The first-order valence-electron chi connectivity index (χ1n) is 17.9. The van der Waals surface area contributed by atoms with Crippen molar-refractivity contribution < 1.29 is 9.59 Å². The van der Waals surface area contributed by atoms with Crippen LogP contribution < -0.4 is 10.6 Å². The third kappa shape index (κ3) is 8.99. The van der Waals surface area contributed by atoms with Crippen molar-refractivity contribution in [3.63, 3.8) is 0 Å². The number of anilines is 1. The molecule has 2 N–H and O–H groups in total. The molecule has 0 aromatic heterocycles. The minimum Gasteiger partial charge on any atom is -0.325 e. The van der Waals surface area contributed by atoms with Crippen LogP contribution in [-0.4, -0.2) is 11.8 Å². The van der Waals surface area contributed by atoms with Gasteiger partial charge in [-0.15, -0.1) is 0 Å². The fraction of sp³-hybridized carbons (Fsp3) is 0.684. The van der Waals surface area contributed by atoms with Crippen molar-refractivity contribution in [2.24, 2.45) is 22.7 Å². The Morgan fingerprint density at radius 1 is 0.682 bits per heavy atom. The highest BCUT2D eigenvalue weighted by atomic mass is 33.1. The largest absolute Gasteiger partial charge is 0.325 e. The molecular formula is C38H58N2O2S2. The van der Waals surface area contributed by atoms with E-state index in [0.29, 0.717) is 11.8 Å². The molecule has 0 atom stereocenters. The standard InChI is InChI=1S/C38H58N2O2S2/c1-5-29(6-2)27-37(23-15-9-16-24-37)35(41)39-31-19-11-13-21-33(31)43-44-34-22-14-12-20-32(34)40-36(42)38(25-17-10-18-26-38)28-30(7-3)8-4/h11,13,19-22,29-30H,5-10,12,14-18,23-28H2,1-4H3,(H,39,41)(H,40,42). The third-order valence-corrected chi connectivity index (χ3v) is 13.5. The van der Waals surface area contributed by atoms with Gasteiger partial charge in [-0.1, -0.05) is 138 Å². The summed E-state index contributed by atoms with van der Waals surface area (Å²) in [7, 11) is 3.40. The van der Waals surface area contributed by atoms with Crippen molar-refractivity contribution >= 4 is 39.1 Å². The Morgan fingerprint density at radius 3 is 1.73 bits per heavy atom. The molecule has 0 unspecified atom stereocenters. The quantitative estimate of drug-likeness (QED) is 0.188. The number of carbonyl (C=O) groups is 2. The van der Waals surface area contributed by atoms with Crippen LogP contribution >= 0.6 is 21.6 Å². The topological polar surface area (TPSA) is 58.2 Å². The Labute approximate surface area is 276 Å². The maximum atomic E-state index is 14.0. The van der Waals surface area contributed by atoms with E-state index < -0.39 is 0 Å². The number of rotatable bonds is 15. The van der Waals surface area contributed by atoms with Gasteiger partial charge in [-0.05, 0) is 75.3 Å². The van der Waals surface area contributed by atoms with Crippen LogP contribution in [-0.2, 0) is 9.59 Å². The van der Waals surface area contributed by atoms with E-state index in [4.69, 9.17) is 0 Å². The summed E-state index contributed by atoms with van der Waals surface area (Å²) < 4.78 is 0. The van der Waals surface area contributed by atoms with E-state index in [2.05, 4.69) is 62.6 Å². The number of nitrogens with one attached hydrogen (secondary N) is 2. The molecule has 44 heavy (non-hydrogen) atoms. The molecule has 0 spiro atoms. The highest BCUT2D eigenvalue weighted by Crippen LogP contribution is 2.48. The van der Waals surface area contributed by atoms with Crippen LogP contribution in [0.1, 0.15) is 143 Å². The Morgan fingerprint density at radius 2 is 1.18 bits per heavy atom. The Balaban J connectivity index is 1.44. The number of hydrogen-bond acceptors (Lipinski definition) is 4. The van der Waals surface area contributed by atoms with Crippen molar-refractivity contribution in [2.45, 2.75) is 148 Å². The van der Waals surface area contributed by atoms with E-state index in [1.54, 1.807) is 21.6 Å². The number of allylic oxidation sites excluding steroid dienone is 2. The van der Waals surface area contributed by atoms with Gasteiger partial charge in [0, 0.05) is 20.6 Å². The molecule has 1 aromatic carbocycles. The van der Waals surface area contributed by atoms with Gasteiger partial charge in [-0.2, -0.15) is 0 Å². The summed E-state index contributed by atoms with van der Waals surface area (Å²) in [5.41, 5.74) is 1.38. The SMILES string of the molecule is CCC(CC)CC1(C(=O)NC2=CCCC=C2SSc2ccccc2NC(=O)C2(CC(CC)CC)CCCCC2)CCCCC1. The van der Waals surface area contributed by atoms with Gasteiger partial charge in [0.2, 0.25) is 11.8 Å². The highest BCUT2D eigenvalue weighted by molar-refractivity contribution is 8.78. The molecule has 1 aromatic rings. The number of carbonyl (C=O) groups excluding carboxylic acids is 2. The van der Waals surface area contributed by atoms with Crippen LogP contribution in [0, 0.1) is 22.7 Å². The summed E-state index contributed by atoms with van der Waals surface area (Å²) in [5.74, 6) is 1.65. The van der Waals surface area contributed by atoms with Crippen molar-refractivity contribution in [3.8, 4) is 0 Å². The normalized spacial score (nSPS) is 19.8. The second-order valence-electron chi connectivity index (χ2n) is 13.8. The van der Waals surface area contributed by atoms with E-state index in [1.165, 1.54) is 12.8 Å². The summed E-state index contributed by atoms with van der Waals surface area (Å²) in [6.07, 6.45) is 24.1. The maximum Gasteiger partial charge on any atom is 0.230 e. The third-order valence-electron chi connectivity index (χ3n) is 11.0. The molecule has 0 saturated heterocycles. The summed E-state index contributed by atoms with van der Waals surface area (Å²) >= 11 is 0. The van der Waals surface area contributed by atoms with Crippen LogP contribution in [0.15, 0.2) is 51.9 Å². The number of para-hydroxylation sites is 1.